The van der Waals surface area contributed by atoms with Crippen molar-refractivity contribution in [3.05, 3.63) is 71.3 Å². The Labute approximate surface area is 188 Å². The summed E-state index contributed by atoms with van der Waals surface area (Å²) in [5.74, 6) is 1.81. The van der Waals surface area contributed by atoms with E-state index in [0.29, 0.717) is 17.9 Å². The van der Waals surface area contributed by atoms with Crippen molar-refractivity contribution in [2.45, 2.75) is 58.4 Å². The number of carbonyl (C=O) groups excluding carboxylic acids is 1. The fourth-order valence-electron chi connectivity index (χ4n) is 5.87. The van der Waals surface area contributed by atoms with Crippen LogP contribution in [-0.4, -0.2) is 36.5 Å². The van der Waals surface area contributed by atoms with Crippen molar-refractivity contribution >= 4 is 5.91 Å². The number of likely N-dealkylation sites (tertiary alicyclic amines) is 1. The van der Waals surface area contributed by atoms with Gasteiger partial charge in [0.05, 0.1) is 5.92 Å². The van der Waals surface area contributed by atoms with Gasteiger partial charge in [0.1, 0.15) is 0 Å². The molecule has 1 heterocycles. The zero-order valence-corrected chi connectivity index (χ0v) is 19.4. The Bertz CT molecular complexity index is 862. The minimum Gasteiger partial charge on any atom is -0.352 e. The van der Waals surface area contributed by atoms with Crippen LogP contribution in [0, 0.1) is 24.7 Å². The number of benzene rings is 2. The smallest absolute Gasteiger partial charge is 0.228 e. The highest BCUT2D eigenvalue weighted by Crippen LogP contribution is 2.39. The predicted molar refractivity (Wildman–Crippen MR) is 128 cm³/mol. The van der Waals surface area contributed by atoms with Crippen LogP contribution < -0.4 is 5.32 Å². The molecule has 1 N–H and O–H groups in total. The molecule has 0 spiro atoms. The third kappa shape index (κ3) is 5.38. The number of hydrogen-bond donors (Lipinski definition) is 1. The summed E-state index contributed by atoms with van der Waals surface area (Å²) in [7, 11) is 0. The van der Waals surface area contributed by atoms with Crippen LogP contribution in [0.3, 0.4) is 0 Å². The molecule has 166 valence electrons. The van der Waals surface area contributed by atoms with E-state index in [1.165, 1.54) is 37.1 Å². The minimum absolute atomic E-state index is 0.0629. The highest BCUT2D eigenvalue weighted by atomic mass is 16.2. The first-order chi connectivity index (χ1) is 15.0. The van der Waals surface area contributed by atoms with Gasteiger partial charge in [-0.25, -0.2) is 0 Å². The van der Waals surface area contributed by atoms with E-state index in [1.54, 1.807) is 0 Å². The van der Waals surface area contributed by atoms with Crippen molar-refractivity contribution < 1.29 is 4.79 Å². The third-order valence-electron chi connectivity index (χ3n) is 7.39. The van der Waals surface area contributed by atoms with Crippen LogP contribution >= 0.6 is 0 Å². The van der Waals surface area contributed by atoms with Crippen LogP contribution in [0.2, 0.25) is 0 Å². The Morgan fingerprint density at radius 3 is 2.61 bits per heavy atom. The molecule has 31 heavy (non-hydrogen) atoms. The van der Waals surface area contributed by atoms with E-state index in [0.717, 1.165) is 30.9 Å². The number of hydrogen-bond acceptors (Lipinski definition) is 2. The van der Waals surface area contributed by atoms with E-state index in [1.807, 2.05) is 18.2 Å². The van der Waals surface area contributed by atoms with E-state index < -0.39 is 0 Å². The van der Waals surface area contributed by atoms with Crippen LogP contribution in [0.4, 0.5) is 0 Å². The summed E-state index contributed by atoms with van der Waals surface area (Å²) < 4.78 is 0. The third-order valence-corrected chi connectivity index (χ3v) is 7.39. The quantitative estimate of drug-likeness (QED) is 0.639. The molecule has 4 atom stereocenters. The van der Waals surface area contributed by atoms with E-state index in [9.17, 15) is 4.79 Å². The molecule has 1 saturated carbocycles. The summed E-state index contributed by atoms with van der Waals surface area (Å²) in [4.78, 5) is 15.9. The molecule has 2 aliphatic rings. The van der Waals surface area contributed by atoms with Crippen LogP contribution in [0.25, 0.3) is 0 Å². The summed E-state index contributed by atoms with van der Waals surface area (Å²) in [5, 5.41) is 3.47. The molecule has 4 rings (SSSR count). The predicted octanol–water partition coefficient (Wildman–Crippen LogP) is 5.19. The van der Waals surface area contributed by atoms with Gasteiger partial charge >= 0.3 is 0 Å². The van der Waals surface area contributed by atoms with Gasteiger partial charge in [-0.2, -0.15) is 0 Å². The van der Waals surface area contributed by atoms with Crippen molar-refractivity contribution in [2.24, 2.45) is 17.8 Å². The normalized spacial score (nSPS) is 24.3. The Morgan fingerprint density at radius 2 is 1.87 bits per heavy atom. The number of aryl methyl sites for hydroxylation is 2. The number of amides is 1. The van der Waals surface area contributed by atoms with Gasteiger partial charge in [-0.15, -0.1) is 0 Å². The molecule has 1 aliphatic heterocycles. The molecular weight excluding hydrogens is 380 g/mol. The molecule has 0 aromatic heterocycles. The number of nitrogens with one attached hydrogen (secondary N) is 1. The van der Waals surface area contributed by atoms with E-state index in [-0.39, 0.29) is 11.8 Å². The average Bonchev–Trinajstić information content (AvgIpc) is 3.30. The molecule has 2 aromatic rings. The summed E-state index contributed by atoms with van der Waals surface area (Å²) >= 11 is 0. The minimum atomic E-state index is -0.0629. The lowest BCUT2D eigenvalue weighted by Gasteiger charge is -2.26. The highest BCUT2D eigenvalue weighted by molar-refractivity contribution is 5.84. The SMILES string of the molecule is Cc1cccc(CCCN2C[C@H]3CC[C@H](NC(=O)C(c4ccccc4)C(C)C)[C@H]3C2)c1. The largest absolute Gasteiger partial charge is 0.352 e. The molecule has 2 aromatic carbocycles. The number of rotatable bonds is 8. The van der Waals surface area contributed by atoms with Gasteiger partial charge in [-0.05, 0) is 68.0 Å². The van der Waals surface area contributed by atoms with Crippen molar-refractivity contribution in [1.82, 2.24) is 10.2 Å². The number of fused-ring (bicyclic) bond motifs is 1. The van der Waals surface area contributed by atoms with Crippen molar-refractivity contribution in [3.8, 4) is 0 Å². The second-order valence-electron chi connectivity index (χ2n) is 10.1. The first-order valence-electron chi connectivity index (χ1n) is 12.1. The van der Waals surface area contributed by atoms with Gasteiger partial charge in [-0.3, -0.25) is 4.79 Å². The van der Waals surface area contributed by atoms with Crippen LogP contribution in [0.1, 0.15) is 55.7 Å². The molecule has 1 amide bonds. The monoisotopic (exact) mass is 418 g/mol. The second-order valence-corrected chi connectivity index (χ2v) is 10.1. The Kier molecular flexibility index (Phi) is 7.12. The maximum Gasteiger partial charge on any atom is 0.228 e. The lowest BCUT2D eigenvalue weighted by Crippen LogP contribution is -2.43. The van der Waals surface area contributed by atoms with E-state index in [4.69, 9.17) is 0 Å². The molecule has 3 heteroatoms. The number of nitrogens with zero attached hydrogens (tertiary/aromatic N) is 1. The first kappa shape index (κ1) is 22.1. The van der Waals surface area contributed by atoms with Crippen LogP contribution in [0.5, 0.6) is 0 Å². The highest BCUT2D eigenvalue weighted by Gasteiger charge is 2.43. The van der Waals surface area contributed by atoms with Crippen molar-refractivity contribution in [3.63, 3.8) is 0 Å². The topological polar surface area (TPSA) is 32.3 Å². The second kappa shape index (κ2) is 9.99. The molecular formula is C28H38N2O. The van der Waals surface area contributed by atoms with Crippen LogP contribution in [0.15, 0.2) is 54.6 Å². The van der Waals surface area contributed by atoms with Crippen LogP contribution in [-0.2, 0) is 11.2 Å². The van der Waals surface area contributed by atoms with E-state index >= 15 is 0 Å². The van der Waals surface area contributed by atoms with Crippen molar-refractivity contribution in [2.75, 3.05) is 19.6 Å². The van der Waals surface area contributed by atoms with Gasteiger partial charge in [-0.1, -0.05) is 74.0 Å². The van der Waals surface area contributed by atoms with Gasteiger partial charge in [0.15, 0.2) is 0 Å². The maximum absolute atomic E-state index is 13.2. The fourth-order valence-corrected chi connectivity index (χ4v) is 5.87. The van der Waals surface area contributed by atoms with E-state index in [2.05, 4.69) is 67.4 Å². The molecule has 0 bridgehead atoms. The molecule has 1 saturated heterocycles. The van der Waals surface area contributed by atoms with Crippen molar-refractivity contribution in [1.29, 1.82) is 0 Å². The molecule has 3 nitrogen and oxygen atoms in total. The molecule has 1 aliphatic carbocycles. The average molecular weight is 419 g/mol. The molecule has 2 fully saturated rings. The number of carbonyl (C=O) groups is 1. The Balaban J connectivity index is 1.30. The summed E-state index contributed by atoms with van der Waals surface area (Å²) in [6, 6.07) is 19.5. The summed E-state index contributed by atoms with van der Waals surface area (Å²) in [5.41, 5.74) is 3.93. The first-order valence-corrected chi connectivity index (χ1v) is 12.1. The zero-order valence-electron chi connectivity index (χ0n) is 19.4. The molecule has 1 unspecified atom stereocenters. The van der Waals surface area contributed by atoms with Gasteiger partial charge in [0.25, 0.3) is 0 Å². The Morgan fingerprint density at radius 1 is 1.06 bits per heavy atom. The molecule has 0 radical (unpaired) electrons. The van der Waals surface area contributed by atoms with Gasteiger partial charge < -0.3 is 10.2 Å². The zero-order chi connectivity index (χ0) is 21.8. The fraction of sp³-hybridized carbons (Fsp3) is 0.536. The lowest BCUT2D eigenvalue weighted by atomic mass is 9.87. The Hall–Kier alpha value is -2.13. The summed E-state index contributed by atoms with van der Waals surface area (Å²) in [6.07, 6.45) is 4.75. The maximum atomic E-state index is 13.2. The van der Waals surface area contributed by atoms with Gasteiger partial charge in [0, 0.05) is 19.1 Å². The lowest BCUT2D eigenvalue weighted by molar-refractivity contribution is -0.124. The summed E-state index contributed by atoms with van der Waals surface area (Å²) in [6.45, 7) is 9.99. The standard InChI is InChI=1S/C28H38N2O/c1-20(2)27(23-12-5-4-6-13-23)28(31)29-26-15-14-24-18-30(19-25(24)26)16-8-11-22-10-7-9-21(3)17-22/h4-7,9-10,12-13,17,20,24-27H,8,11,14-16,18-19H2,1-3H3,(H,29,31)/t24-,25+,26+,27?/m1/s1. The van der Waals surface area contributed by atoms with Gasteiger partial charge in [0.2, 0.25) is 5.91 Å².